The Morgan fingerprint density at radius 3 is 2.70 bits per heavy atom. The molecule has 0 spiro atoms. The van der Waals surface area contributed by atoms with Crippen LogP contribution in [0.2, 0.25) is 0 Å². The minimum Gasteiger partial charge on any atom is -0.312 e. The molecule has 114 valence electrons. The van der Waals surface area contributed by atoms with E-state index in [9.17, 15) is 8.42 Å². The van der Waals surface area contributed by atoms with Crippen molar-refractivity contribution in [1.29, 1.82) is 0 Å². The largest absolute Gasteiger partial charge is 0.312 e. The van der Waals surface area contributed by atoms with Crippen LogP contribution < -0.4 is 10.1 Å². The first-order chi connectivity index (χ1) is 9.53. The highest BCUT2D eigenvalue weighted by Crippen LogP contribution is 2.31. The second-order valence-corrected chi connectivity index (χ2v) is 8.86. The van der Waals surface area contributed by atoms with E-state index in [1.54, 1.807) is 11.1 Å². The molecule has 0 aromatic carbocycles. The third-order valence-electron chi connectivity index (χ3n) is 3.15. The monoisotopic (exact) mass is 381 g/mol. The summed E-state index contributed by atoms with van der Waals surface area (Å²) in [4.78, 5) is 4.03. The molecule has 1 aliphatic rings. The van der Waals surface area contributed by atoms with E-state index in [1.165, 1.54) is 17.8 Å². The number of hydrazine groups is 1. The molecule has 0 atom stereocenters. The first kappa shape index (κ1) is 16.4. The Balaban J connectivity index is 2.09. The summed E-state index contributed by atoms with van der Waals surface area (Å²) < 4.78 is 25.5. The van der Waals surface area contributed by atoms with Gasteiger partial charge in [0, 0.05) is 24.5 Å². The van der Waals surface area contributed by atoms with Crippen LogP contribution in [0.1, 0.15) is 31.1 Å². The number of piperidine rings is 1. The Bertz CT molecular complexity index is 539. The SMILES string of the molecule is CCNCc1cc(S(=O)(=O)NN2CCCCC2)c(Br)s1. The van der Waals surface area contributed by atoms with Gasteiger partial charge in [-0.05, 0) is 41.4 Å². The normalized spacial score (nSPS) is 17.5. The smallest absolute Gasteiger partial charge is 0.255 e. The van der Waals surface area contributed by atoms with E-state index in [0.29, 0.717) is 15.2 Å². The summed E-state index contributed by atoms with van der Waals surface area (Å²) in [5.41, 5.74) is 0. The quantitative estimate of drug-likeness (QED) is 0.793. The Morgan fingerprint density at radius 1 is 1.35 bits per heavy atom. The highest BCUT2D eigenvalue weighted by Gasteiger charge is 2.24. The summed E-state index contributed by atoms with van der Waals surface area (Å²) in [5, 5.41) is 5.00. The Hall–Kier alpha value is 0.01000. The van der Waals surface area contributed by atoms with E-state index < -0.39 is 10.0 Å². The van der Waals surface area contributed by atoms with Crippen LogP contribution in [0.15, 0.2) is 14.7 Å². The minimum atomic E-state index is -3.48. The molecular formula is C12H20BrN3O2S2. The lowest BCUT2D eigenvalue weighted by molar-refractivity contribution is 0.200. The van der Waals surface area contributed by atoms with Gasteiger partial charge < -0.3 is 5.32 Å². The van der Waals surface area contributed by atoms with Crippen LogP contribution >= 0.6 is 27.3 Å². The van der Waals surface area contributed by atoms with Crippen molar-refractivity contribution in [2.24, 2.45) is 0 Å². The van der Waals surface area contributed by atoms with Crippen molar-refractivity contribution < 1.29 is 8.42 Å². The maximum absolute atomic E-state index is 12.4. The lowest BCUT2D eigenvalue weighted by Gasteiger charge is -2.26. The molecule has 20 heavy (non-hydrogen) atoms. The third-order valence-corrected chi connectivity index (χ3v) is 6.78. The molecule has 1 fully saturated rings. The molecule has 0 radical (unpaired) electrons. The lowest BCUT2D eigenvalue weighted by atomic mass is 10.2. The fraction of sp³-hybridized carbons (Fsp3) is 0.667. The van der Waals surface area contributed by atoms with Gasteiger partial charge in [0.1, 0.15) is 4.90 Å². The molecule has 1 aromatic heterocycles. The molecule has 0 bridgehead atoms. The number of hydrogen-bond acceptors (Lipinski definition) is 5. The van der Waals surface area contributed by atoms with Crippen LogP contribution in [0.5, 0.6) is 0 Å². The lowest BCUT2D eigenvalue weighted by Crippen LogP contribution is -2.44. The molecule has 0 amide bonds. The zero-order chi connectivity index (χ0) is 14.6. The molecular weight excluding hydrogens is 362 g/mol. The van der Waals surface area contributed by atoms with Gasteiger partial charge in [0.25, 0.3) is 10.0 Å². The average Bonchev–Trinajstić information content (AvgIpc) is 2.79. The Morgan fingerprint density at radius 2 is 2.05 bits per heavy atom. The summed E-state index contributed by atoms with van der Waals surface area (Å²) in [7, 11) is -3.48. The molecule has 2 N–H and O–H groups in total. The summed E-state index contributed by atoms with van der Waals surface area (Å²) in [6.45, 7) is 5.15. The first-order valence-electron chi connectivity index (χ1n) is 6.79. The predicted octanol–water partition coefficient (Wildman–Crippen LogP) is 2.30. The van der Waals surface area contributed by atoms with Crippen LogP contribution in [0, 0.1) is 0 Å². The minimum absolute atomic E-state index is 0.334. The van der Waals surface area contributed by atoms with Gasteiger partial charge in [0.2, 0.25) is 0 Å². The van der Waals surface area contributed by atoms with Gasteiger partial charge in [-0.3, -0.25) is 0 Å². The fourth-order valence-corrected chi connectivity index (χ4v) is 5.90. The third kappa shape index (κ3) is 4.25. The average molecular weight is 382 g/mol. The number of rotatable bonds is 6. The second-order valence-electron chi connectivity index (χ2n) is 4.77. The molecule has 5 nitrogen and oxygen atoms in total. The van der Waals surface area contributed by atoms with Crippen molar-refractivity contribution >= 4 is 37.3 Å². The van der Waals surface area contributed by atoms with E-state index in [1.807, 2.05) is 6.92 Å². The molecule has 2 heterocycles. The van der Waals surface area contributed by atoms with Crippen LogP contribution in [0.4, 0.5) is 0 Å². The van der Waals surface area contributed by atoms with Gasteiger partial charge in [0.15, 0.2) is 0 Å². The summed E-state index contributed by atoms with van der Waals surface area (Å²) in [6.07, 6.45) is 3.26. The summed E-state index contributed by atoms with van der Waals surface area (Å²) in [6, 6.07) is 1.74. The van der Waals surface area contributed by atoms with Crippen molar-refractivity contribution in [3.8, 4) is 0 Å². The van der Waals surface area contributed by atoms with E-state index in [0.717, 1.165) is 37.4 Å². The molecule has 2 rings (SSSR count). The van der Waals surface area contributed by atoms with Gasteiger partial charge in [-0.1, -0.05) is 13.3 Å². The number of hydrogen-bond donors (Lipinski definition) is 2. The van der Waals surface area contributed by atoms with Crippen molar-refractivity contribution in [1.82, 2.24) is 15.2 Å². The van der Waals surface area contributed by atoms with Gasteiger partial charge in [-0.2, -0.15) is 0 Å². The number of nitrogens with zero attached hydrogens (tertiary/aromatic N) is 1. The molecule has 1 saturated heterocycles. The van der Waals surface area contributed by atoms with Gasteiger partial charge >= 0.3 is 0 Å². The van der Waals surface area contributed by atoms with E-state index in [-0.39, 0.29) is 0 Å². The highest BCUT2D eigenvalue weighted by atomic mass is 79.9. The first-order valence-corrected chi connectivity index (χ1v) is 9.88. The van der Waals surface area contributed by atoms with Crippen molar-refractivity contribution in [3.05, 3.63) is 14.7 Å². The van der Waals surface area contributed by atoms with Gasteiger partial charge in [-0.25, -0.2) is 13.4 Å². The Labute approximate surface area is 132 Å². The second kappa shape index (κ2) is 7.33. The Kier molecular flexibility index (Phi) is 6.00. The standard InChI is InChI=1S/C12H20BrN3O2S2/c1-2-14-9-10-8-11(12(13)19-10)20(17,18)15-16-6-4-3-5-7-16/h8,14-15H,2-7,9H2,1H3. The topological polar surface area (TPSA) is 61.4 Å². The molecule has 0 aliphatic carbocycles. The summed E-state index contributed by atoms with van der Waals surface area (Å²) in [5.74, 6) is 0. The molecule has 1 aromatic rings. The molecule has 0 unspecified atom stereocenters. The number of thiophene rings is 1. The van der Waals surface area contributed by atoms with Crippen molar-refractivity contribution in [2.45, 2.75) is 37.6 Å². The van der Waals surface area contributed by atoms with Gasteiger partial charge in [0.05, 0.1) is 3.79 Å². The van der Waals surface area contributed by atoms with Crippen LogP contribution in [0.25, 0.3) is 0 Å². The van der Waals surface area contributed by atoms with Crippen LogP contribution in [-0.2, 0) is 16.6 Å². The fourth-order valence-electron chi connectivity index (χ4n) is 2.12. The number of halogens is 1. The zero-order valence-electron chi connectivity index (χ0n) is 11.5. The maximum atomic E-state index is 12.4. The van der Waals surface area contributed by atoms with E-state index in [2.05, 4.69) is 26.1 Å². The molecule has 8 heteroatoms. The molecule has 1 aliphatic heterocycles. The van der Waals surface area contributed by atoms with Crippen molar-refractivity contribution in [2.75, 3.05) is 19.6 Å². The summed E-state index contributed by atoms with van der Waals surface area (Å²) >= 11 is 4.82. The number of nitrogens with one attached hydrogen (secondary N) is 2. The highest BCUT2D eigenvalue weighted by molar-refractivity contribution is 9.11. The maximum Gasteiger partial charge on any atom is 0.255 e. The molecule has 0 saturated carbocycles. The van der Waals surface area contributed by atoms with Crippen LogP contribution in [-0.4, -0.2) is 33.1 Å². The predicted molar refractivity (Wildman–Crippen MR) is 85.1 cm³/mol. The van der Waals surface area contributed by atoms with Crippen LogP contribution in [0.3, 0.4) is 0 Å². The van der Waals surface area contributed by atoms with Crippen molar-refractivity contribution in [3.63, 3.8) is 0 Å². The zero-order valence-corrected chi connectivity index (χ0v) is 14.7. The number of sulfonamides is 1. The van der Waals surface area contributed by atoms with Gasteiger partial charge in [-0.15, -0.1) is 16.2 Å². The van der Waals surface area contributed by atoms with E-state index in [4.69, 9.17) is 0 Å². The van der Waals surface area contributed by atoms with E-state index >= 15 is 0 Å².